The molecule has 0 saturated heterocycles. The lowest BCUT2D eigenvalue weighted by molar-refractivity contribution is -0.144. The Morgan fingerprint density at radius 3 is 1.63 bits per heavy atom. The summed E-state index contributed by atoms with van der Waals surface area (Å²) >= 11 is 0. The van der Waals surface area contributed by atoms with Gasteiger partial charge in [0.1, 0.15) is 6.04 Å². The van der Waals surface area contributed by atoms with Crippen molar-refractivity contribution in [3.8, 4) is 0 Å². The Morgan fingerprint density at radius 2 is 1.20 bits per heavy atom. The molecule has 0 bridgehead atoms. The maximum Gasteiger partial charge on any atom is 0.328 e. The van der Waals surface area contributed by atoms with Gasteiger partial charge >= 0.3 is 5.97 Å². The second-order valence-electron chi connectivity index (χ2n) is 7.92. The zero-order valence-electron chi connectivity index (χ0n) is 18.3. The smallest absolute Gasteiger partial charge is 0.328 e. The Bertz CT molecular complexity index is 898. The van der Waals surface area contributed by atoms with E-state index in [1.54, 1.807) is 0 Å². The first kappa shape index (κ1) is 21.6. The molecule has 3 aromatic rings. The molecule has 0 radical (unpaired) electrons. The van der Waals surface area contributed by atoms with Gasteiger partial charge in [-0.15, -0.1) is 0 Å². The van der Waals surface area contributed by atoms with Crippen molar-refractivity contribution in [3.63, 3.8) is 0 Å². The van der Waals surface area contributed by atoms with Gasteiger partial charge in [-0.1, -0.05) is 77.4 Å². The summed E-state index contributed by atoms with van der Waals surface area (Å²) in [5.41, 5.74) is 6.95. The van der Waals surface area contributed by atoms with Gasteiger partial charge in [0.05, 0.1) is 6.61 Å². The molecule has 0 spiro atoms. The predicted molar refractivity (Wildman–Crippen MR) is 124 cm³/mol. The minimum atomic E-state index is -0.444. The summed E-state index contributed by atoms with van der Waals surface area (Å²) in [6, 6.07) is 24.8. The molecule has 3 nitrogen and oxygen atoms in total. The summed E-state index contributed by atoms with van der Waals surface area (Å²) < 4.78 is 5.41. The van der Waals surface area contributed by atoms with E-state index in [0.717, 1.165) is 5.69 Å². The summed E-state index contributed by atoms with van der Waals surface area (Å²) in [7, 11) is 0. The molecule has 3 heteroatoms. The first-order valence-corrected chi connectivity index (χ1v) is 10.6. The lowest BCUT2D eigenvalue weighted by atomic mass is 9.85. The average molecular weight is 402 g/mol. The number of ether oxygens (including phenoxy) is 1. The first-order chi connectivity index (χ1) is 14.5. The topological polar surface area (TPSA) is 38.3 Å². The largest absolute Gasteiger partial charge is 0.464 e. The van der Waals surface area contributed by atoms with Gasteiger partial charge in [0.25, 0.3) is 0 Å². The molecule has 3 aromatic carbocycles. The third-order valence-corrected chi connectivity index (χ3v) is 5.39. The minimum absolute atomic E-state index is 0.0820. The van der Waals surface area contributed by atoms with E-state index >= 15 is 0 Å². The number of carbonyl (C=O) groups is 1. The molecule has 0 heterocycles. The van der Waals surface area contributed by atoms with Crippen molar-refractivity contribution in [1.29, 1.82) is 0 Å². The van der Waals surface area contributed by atoms with Crippen LogP contribution in [0.4, 0.5) is 5.69 Å². The van der Waals surface area contributed by atoms with Crippen LogP contribution in [0.1, 0.15) is 47.1 Å². The lowest BCUT2D eigenvalue weighted by Crippen LogP contribution is -2.33. The van der Waals surface area contributed by atoms with Crippen LogP contribution in [0, 0.1) is 20.8 Å². The van der Waals surface area contributed by atoms with Gasteiger partial charge in [-0.2, -0.15) is 0 Å². The number of esters is 1. The number of hydrogen-bond acceptors (Lipinski definition) is 3. The fourth-order valence-corrected chi connectivity index (χ4v) is 3.61. The van der Waals surface area contributed by atoms with Crippen LogP contribution in [0.5, 0.6) is 0 Å². The SMILES string of the molecule is CCOC(=O)C(CC(c1ccc(C)cc1)c1ccc(C)cc1)Nc1ccc(C)cc1. The fraction of sp³-hybridized carbons (Fsp3) is 0.296. The molecule has 0 amide bonds. The third kappa shape index (κ3) is 5.73. The lowest BCUT2D eigenvalue weighted by Gasteiger charge is -2.25. The van der Waals surface area contributed by atoms with Gasteiger partial charge in [-0.25, -0.2) is 4.79 Å². The van der Waals surface area contributed by atoms with E-state index in [1.165, 1.54) is 27.8 Å². The highest BCUT2D eigenvalue weighted by atomic mass is 16.5. The second-order valence-corrected chi connectivity index (χ2v) is 7.92. The summed E-state index contributed by atoms with van der Waals surface area (Å²) in [6.07, 6.45) is 0.610. The average Bonchev–Trinajstić information content (AvgIpc) is 2.74. The van der Waals surface area contributed by atoms with Crippen molar-refractivity contribution in [1.82, 2.24) is 0 Å². The first-order valence-electron chi connectivity index (χ1n) is 10.6. The molecule has 0 fully saturated rings. The minimum Gasteiger partial charge on any atom is -0.464 e. The molecule has 1 unspecified atom stereocenters. The normalized spacial score (nSPS) is 11.9. The zero-order chi connectivity index (χ0) is 21.5. The monoisotopic (exact) mass is 401 g/mol. The summed E-state index contributed by atoms with van der Waals surface area (Å²) in [5, 5.41) is 3.41. The fourth-order valence-electron chi connectivity index (χ4n) is 3.61. The Labute approximate surface area is 180 Å². The van der Waals surface area contributed by atoms with Crippen LogP contribution in [0.3, 0.4) is 0 Å². The Morgan fingerprint density at radius 1 is 0.767 bits per heavy atom. The summed E-state index contributed by atoms with van der Waals surface area (Å²) in [6.45, 7) is 8.44. The van der Waals surface area contributed by atoms with Crippen molar-refractivity contribution in [3.05, 3.63) is 101 Å². The number of hydrogen-bond donors (Lipinski definition) is 1. The van der Waals surface area contributed by atoms with Crippen molar-refractivity contribution in [2.45, 2.75) is 46.1 Å². The highest BCUT2D eigenvalue weighted by Gasteiger charge is 2.26. The molecule has 0 aliphatic carbocycles. The molecule has 0 saturated carbocycles. The number of nitrogens with one attached hydrogen (secondary N) is 1. The Kier molecular flexibility index (Phi) is 7.29. The molecular weight excluding hydrogens is 370 g/mol. The van der Waals surface area contributed by atoms with Crippen LogP contribution in [0.25, 0.3) is 0 Å². The van der Waals surface area contributed by atoms with Gasteiger partial charge in [-0.05, 0) is 57.4 Å². The molecule has 0 aliphatic heterocycles. The van der Waals surface area contributed by atoms with Gasteiger partial charge in [0, 0.05) is 11.6 Å². The van der Waals surface area contributed by atoms with Crippen molar-refractivity contribution >= 4 is 11.7 Å². The molecule has 1 atom stereocenters. The van der Waals surface area contributed by atoms with E-state index in [9.17, 15) is 4.79 Å². The van der Waals surface area contributed by atoms with Gasteiger partial charge in [0.15, 0.2) is 0 Å². The van der Waals surface area contributed by atoms with E-state index in [1.807, 2.05) is 31.2 Å². The summed E-state index contributed by atoms with van der Waals surface area (Å²) in [5.74, 6) is -0.138. The molecule has 1 N–H and O–H groups in total. The maximum absolute atomic E-state index is 12.8. The Balaban J connectivity index is 1.94. The predicted octanol–water partition coefficient (Wildman–Crippen LogP) is 6.18. The summed E-state index contributed by atoms with van der Waals surface area (Å²) in [4.78, 5) is 12.8. The van der Waals surface area contributed by atoms with Gasteiger partial charge < -0.3 is 10.1 Å². The van der Waals surface area contributed by atoms with E-state index in [0.29, 0.717) is 13.0 Å². The van der Waals surface area contributed by atoms with Crippen LogP contribution >= 0.6 is 0 Å². The van der Waals surface area contributed by atoms with Crippen LogP contribution in [0.15, 0.2) is 72.8 Å². The maximum atomic E-state index is 12.8. The molecule has 30 heavy (non-hydrogen) atoms. The van der Waals surface area contributed by atoms with Crippen molar-refractivity contribution in [2.75, 3.05) is 11.9 Å². The van der Waals surface area contributed by atoms with Crippen LogP contribution in [-0.4, -0.2) is 18.6 Å². The van der Waals surface area contributed by atoms with Crippen LogP contribution in [0.2, 0.25) is 0 Å². The van der Waals surface area contributed by atoms with Crippen molar-refractivity contribution in [2.24, 2.45) is 0 Å². The molecule has 0 aromatic heterocycles. The second kappa shape index (κ2) is 10.1. The molecular formula is C27H31NO2. The number of anilines is 1. The van der Waals surface area contributed by atoms with Crippen LogP contribution in [-0.2, 0) is 9.53 Å². The Hall–Kier alpha value is -3.07. The van der Waals surface area contributed by atoms with E-state index in [-0.39, 0.29) is 11.9 Å². The number of benzene rings is 3. The standard InChI is InChI=1S/C27H31NO2/c1-5-30-27(29)26(28-24-16-10-21(4)11-17-24)18-25(22-12-6-19(2)7-13-22)23-14-8-20(3)9-15-23/h6-17,25-26,28H,5,18H2,1-4H3. The van der Waals surface area contributed by atoms with E-state index < -0.39 is 6.04 Å². The zero-order valence-corrected chi connectivity index (χ0v) is 18.3. The number of aryl methyl sites for hydroxylation is 3. The molecule has 0 aliphatic rings. The number of carbonyl (C=O) groups excluding carboxylic acids is 1. The van der Waals surface area contributed by atoms with Crippen LogP contribution < -0.4 is 5.32 Å². The van der Waals surface area contributed by atoms with Gasteiger partial charge in [-0.3, -0.25) is 0 Å². The number of rotatable bonds is 8. The molecule has 156 valence electrons. The highest BCUT2D eigenvalue weighted by molar-refractivity contribution is 5.79. The van der Waals surface area contributed by atoms with E-state index in [2.05, 4.69) is 74.6 Å². The van der Waals surface area contributed by atoms with Crippen molar-refractivity contribution < 1.29 is 9.53 Å². The molecule has 3 rings (SSSR count). The van der Waals surface area contributed by atoms with Gasteiger partial charge in [0.2, 0.25) is 0 Å². The third-order valence-electron chi connectivity index (χ3n) is 5.39. The quantitative estimate of drug-likeness (QED) is 0.458. The van der Waals surface area contributed by atoms with E-state index in [4.69, 9.17) is 4.74 Å². The highest BCUT2D eigenvalue weighted by Crippen LogP contribution is 2.31.